The summed E-state index contributed by atoms with van der Waals surface area (Å²) in [6.07, 6.45) is 23.9. The van der Waals surface area contributed by atoms with Crippen molar-refractivity contribution in [3.8, 4) is 5.75 Å². The summed E-state index contributed by atoms with van der Waals surface area (Å²) in [7, 11) is 0. The van der Waals surface area contributed by atoms with Crippen LogP contribution in [-0.2, 0) is 4.79 Å². The van der Waals surface area contributed by atoms with Crippen LogP contribution < -0.4 is 10.6 Å². The van der Waals surface area contributed by atoms with Crippen molar-refractivity contribution in [2.45, 2.75) is 70.5 Å². The second kappa shape index (κ2) is 19.5. The van der Waals surface area contributed by atoms with E-state index in [2.05, 4.69) is 66.2 Å². The lowest BCUT2D eigenvalue weighted by molar-refractivity contribution is -0.123. The van der Waals surface area contributed by atoms with Gasteiger partial charge in [0.25, 0.3) is 5.91 Å². The van der Waals surface area contributed by atoms with E-state index in [0.717, 1.165) is 50.7 Å². The predicted octanol–water partition coefficient (Wildman–Crippen LogP) is 6.73. The highest BCUT2D eigenvalue weighted by atomic mass is 32.2. The van der Waals surface area contributed by atoms with Crippen molar-refractivity contribution in [3.63, 3.8) is 0 Å². The van der Waals surface area contributed by atoms with Crippen LogP contribution in [0.3, 0.4) is 0 Å². The molecule has 3 N–H and O–H groups in total. The molecule has 0 spiro atoms. The third-order valence-corrected chi connectivity index (χ3v) is 7.54. The van der Waals surface area contributed by atoms with Gasteiger partial charge in [0.2, 0.25) is 5.91 Å². The fourth-order valence-corrected chi connectivity index (χ4v) is 4.79. The average molecular weight is 513 g/mol. The van der Waals surface area contributed by atoms with Gasteiger partial charge in [-0.05, 0) is 62.8 Å². The molecule has 2 amide bonds. The number of allylic oxidation sites excluding steroid dienone is 8. The highest BCUT2D eigenvalue weighted by Crippen LogP contribution is 2.33. The van der Waals surface area contributed by atoms with E-state index in [1.165, 1.54) is 6.07 Å². The molecule has 198 valence electrons. The number of hydrogen-bond acceptors (Lipinski definition) is 4. The summed E-state index contributed by atoms with van der Waals surface area (Å²) >= 11 is 1.71. The Hall–Kier alpha value is -2.73. The van der Waals surface area contributed by atoms with E-state index in [-0.39, 0.29) is 23.1 Å². The van der Waals surface area contributed by atoms with Crippen LogP contribution in [0, 0.1) is 0 Å². The molecule has 0 aliphatic carbocycles. The summed E-state index contributed by atoms with van der Waals surface area (Å²) < 4.78 is -0.464. The highest BCUT2D eigenvalue weighted by Gasteiger charge is 2.34. The molecule has 1 rings (SSSR count). The number of benzene rings is 1. The second-order valence-corrected chi connectivity index (χ2v) is 9.85. The zero-order chi connectivity index (χ0) is 26.5. The summed E-state index contributed by atoms with van der Waals surface area (Å²) in [5.74, 6) is 0.485. The van der Waals surface area contributed by atoms with Gasteiger partial charge in [0.15, 0.2) is 0 Å². The molecule has 0 radical (unpaired) electrons. The second-order valence-electron chi connectivity index (χ2n) is 8.37. The fraction of sp³-hybridized carbons (Fsp3) is 0.467. The molecule has 0 saturated carbocycles. The van der Waals surface area contributed by atoms with Gasteiger partial charge < -0.3 is 15.7 Å². The minimum absolute atomic E-state index is 0.0134. The molecule has 0 aliphatic heterocycles. The SMILES string of the molecule is CC/C=C\C/C=C\C/C=C\C/C=C\CCSC(CC)(CC)C(=O)NCCNC(=O)c1ccccc1O. The molecule has 0 heterocycles. The van der Waals surface area contributed by atoms with E-state index in [1.54, 1.807) is 30.0 Å². The van der Waals surface area contributed by atoms with Crippen molar-refractivity contribution in [2.24, 2.45) is 0 Å². The molecular weight excluding hydrogens is 468 g/mol. The van der Waals surface area contributed by atoms with E-state index < -0.39 is 4.75 Å². The third-order valence-electron chi connectivity index (χ3n) is 5.78. The van der Waals surface area contributed by atoms with Crippen molar-refractivity contribution < 1.29 is 14.7 Å². The van der Waals surface area contributed by atoms with E-state index in [4.69, 9.17) is 0 Å². The minimum Gasteiger partial charge on any atom is -0.507 e. The number of rotatable bonds is 18. The average Bonchev–Trinajstić information content (AvgIpc) is 2.89. The van der Waals surface area contributed by atoms with Gasteiger partial charge in [-0.15, -0.1) is 11.8 Å². The summed E-state index contributed by atoms with van der Waals surface area (Å²) in [4.78, 5) is 25.1. The van der Waals surface area contributed by atoms with E-state index in [1.807, 2.05) is 13.8 Å². The van der Waals surface area contributed by atoms with Crippen LogP contribution >= 0.6 is 11.8 Å². The number of para-hydroxylation sites is 1. The quantitative estimate of drug-likeness (QED) is 0.151. The molecular formula is C30H44N2O3S. The van der Waals surface area contributed by atoms with Gasteiger partial charge in [0.05, 0.1) is 10.3 Å². The lowest BCUT2D eigenvalue weighted by atomic mass is 10.0. The number of phenolic OH excluding ortho intramolecular Hbond substituents is 1. The molecule has 0 unspecified atom stereocenters. The van der Waals surface area contributed by atoms with Gasteiger partial charge >= 0.3 is 0 Å². The number of nitrogens with one attached hydrogen (secondary N) is 2. The lowest BCUT2D eigenvalue weighted by Crippen LogP contribution is -2.46. The molecule has 0 aromatic heterocycles. The van der Waals surface area contributed by atoms with Crippen LogP contribution in [0.1, 0.15) is 76.1 Å². The smallest absolute Gasteiger partial charge is 0.255 e. The van der Waals surface area contributed by atoms with Gasteiger partial charge in [-0.2, -0.15) is 0 Å². The van der Waals surface area contributed by atoms with Crippen molar-refractivity contribution in [1.82, 2.24) is 10.6 Å². The predicted molar refractivity (Wildman–Crippen MR) is 155 cm³/mol. The standard InChI is InChI=1S/C30H44N2O3S/c1-4-7-8-9-10-11-12-13-14-15-16-17-20-25-36-30(5-2,6-3)29(35)32-24-23-31-28(34)26-21-18-19-22-27(26)33/h7-8,10-11,13-14,16-19,21-22,33H,4-6,9,12,15,20,23-25H2,1-3H3,(H,31,34)(H,32,35)/b8-7-,11-10-,14-13-,17-16-. The number of amides is 2. The first-order valence-electron chi connectivity index (χ1n) is 13.1. The summed E-state index contributed by atoms with van der Waals surface area (Å²) in [6.45, 7) is 6.88. The van der Waals surface area contributed by atoms with Gasteiger partial charge in [0, 0.05) is 13.1 Å². The van der Waals surface area contributed by atoms with Crippen LogP contribution in [0.15, 0.2) is 72.9 Å². The van der Waals surface area contributed by atoms with E-state index >= 15 is 0 Å². The normalized spacial score (nSPS) is 12.3. The number of carbonyl (C=O) groups is 2. The topological polar surface area (TPSA) is 78.4 Å². The number of aromatic hydroxyl groups is 1. The molecule has 0 atom stereocenters. The first-order chi connectivity index (χ1) is 17.5. The fourth-order valence-electron chi connectivity index (χ4n) is 3.53. The minimum atomic E-state index is -0.464. The van der Waals surface area contributed by atoms with Crippen LogP contribution in [0.4, 0.5) is 0 Å². The number of thioether (sulfide) groups is 1. The Bertz CT molecular complexity index is 886. The third kappa shape index (κ3) is 12.3. The summed E-state index contributed by atoms with van der Waals surface area (Å²) in [5, 5.41) is 15.5. The van der Waals surface area contributed by atoms with E-state index in [0.29, 0.717) is 13.1 Å². The molecule has 0 saturated heterocycles. The molecule has 5 nitrogen and oxygen atoms in total. The highest BCUT2D eigenvalue weighted by molar-refractivity contribution is 8.01. The van der Waals surface area contributed by atoms with E-state index in [9.17, 15) is 14.7 Å². The Morgan fingerprint density at radius 3 is 1.97 bits per heavy atom. The number of hydrogen-bond donors (Lipinski definition) is 3. The Balaban J connectivity index is 2.31. The van der Waals surface area contributed by atoms with Gasteiger partial charge in [0.1, 0.15) is 5.75 Å². The van der Waals surface area contributed by atoms with Crippen LogP contribution in [0.25, 0.3) is 0 Å². The van der Waals surface area contributed by atoms with Gasteiger partial charge in [-0.25, -0.2) is 0 Å². The summed E-state index contributed by atoms with van der Waals surface area (Å²) in [6, 6.07) is 6.41. The van der Waals surface area contributed by atoms with Crippen molar-refractivity contribution in [2.75, 3.05) is 18.8 Å². The zero-order valence-electron chi connectivity index (χ0n) is 22.2. The Labute approximate surface area is 222 Å². The van der Waals surface area contributed by atoms with Crippen molar-refractivity contribution in [1.29, 1.82) is 0 Å². The van der Waals surface area contributed by atoms with Gasteiger partial charge in [-0.1, -0.05) is 81.5 Å². The first-order valence-corrected chi connectivity index (χ1v) is 14.1. The lowest BCUT2D eigenvalue weighted by Gasteiger charge is -2.29. The first kappa shape index (κ1) is 31.3. The molecule has 0 aliphatic rings. The maximum Gasteiger partial charge on any atom is 0.255 e. The van der Waals surface area contributed by atoms with Crippen LogP contribution in [0.5, 0.6) is 5.75 Å². The molecule has 36 heavy (non-hydrogen) atoms. The van der Waals surface area contributed by atoms with Crippen LogP contribution in [0.2, 0.25) is 0 Å². The molecule has 6 heteroatoms. The van der Waals surface area contributed by atoms with Crippen LogP contribution in [-0.4, -0.2) is 40.5 Å². The Morgan fingerprint density at radius 1 is 0.833 bits per heavy atom. The number of phenols is 1. The maximum absolute atomic E-state index is 12.9. The monoisotopic (exact) mass is 512 g/mol. The summed E-state index contributed by atoms with van der Waals surface area (Å²) in [5.41, 5.74) is 0.228. The largest absolute Gasteiger partial charge is 0.507 e. The zero-order valence-corrected chi connectivity index (χ0v) is 23.0. The molecule has 1 aromatic rings. The van der Waals surface area contributed by atoms with Crippen molar-refractivity contribution >= 4 is 23.6 Å². The molecule has 0 bridgehead atoms. The Morgan fingerprint density at radius 2 is 1.39 bits per heavy atom. The van der Waals surface area contributed by atoms with Gasteiger partial charge in [-0.3, -0.25) is 9.59 Å². The maximum atomic E-state index is 12.9. The molecule has 1 aromatic carbocycles. The number of carbonyl (C=O) groups excluding carboxylic acids is 2. The van der Waals surface area contributed by atoms with Crippen molar-refractivity contribution in [3.05, 3.63) is 78.4 Å². The Kier molecular flexibility index (Phi) is 16.9. The molecule has 0 fully saturated rings.